The first-order valence-corrected chi connectivity index (χ1v) is 7.06. The van der Waals surface area contributed by atoms with Crippen LogP contribution in [0, 0.1) is 5.41 Å². The summed E-state index contributed by atoms with van der Waals surface area (Å²) in [5, 5.41) is 0. The quantitative estimate of drug-likeness (QED) is 0.418. The first-order valence-electron chi connectivity index (χ1n) is 7.06. The summed E-state index contributed by atoms with van der Waals surface area (Å²) in [5.74, 6) is -0.310. The van der Waals surface area contributed by atoms with Gasteiger partial charge < -0.3 is 4.74 Å². The Balaban J connectivity index is 2.76. The van der Waals surface area contributed by atoms with Crippen LogP contribution in [0.3, 0.4) is 0 Å². The fourth-order valence-corrected chi connectivity index (χ4v) is 2.45. The summed E-state index contributed by atoms with van der Waals surface area (Å²) >= 11 is 0. The van der Waals surface area contributed by atoms with Crippen molar-refractivity contribution in [3.63, 3.8) is 0 Å². The number of ketones is 1. The average Bonchev–Trinajstić information content (AvgIpc) is 2.79. The molecule has 0 amide bonds. The predicted molar refractivity (Wildman–Crippen MR) is 75.7 cm³/mol. The summed E-state index contributed by atoms with van der Waals surface area (Å²) in [7, 11) is 0. The monoisotopic (exact) mass is 264 g/mol. The molecule has 0 N–H and O–H groups in total. The SMILES string of the molecule is CC=CCC1(C(=O)OCC(=CC)CC)CCCC1=O. The molecule has 0 aliphatic heterocycles. The van der Waals surface area contributed by atoms with Gasteiger partial charge in [0.1, 0.15) is 12.0 Å². The number of ether oxygens (including phenoxy) is 1. The van der Waals surface area contributed by atoms with E-state index in [4.69, 9.17) is 4.74 Å². The van der Waals surface area contributed by atoms with Gasteiger partial charge in [-0.1, -0.05) is 25.2 Å². The summed E-state index contributed by atoms with van der Waals surface area (Å²) in [4.78, 5) is 24.4. The molecule has 0 aromatic carbocycles. The Morgan fingerprint density at radius 1 is 1.42 bits per heavy atom. The van der Waals surface area contributed by atoms with Crippen LogP contribution < -0.4 is 0 Å². The van der Waals surface area contributed by atoms with E-state index in [1.165, 1.54) is 0 Å². The number of Topliss-reactive ketones (excluding diaryl/α,β-unsaturated/α-hetero) is 1. The number of hydrogen-bond acceptors (Lipinski definition) is 3. The molecule has 3 nitrogen and oxygen atoms in total. The van der Waals surface area contributed by atoms with E-state index in [0.717, 1.165) is 18.4 Å². The summed E-state index contributed by atoms with van der Waals surface area (Å²) in [6.07, 6.45) is 8.96. The van der Waals surface area contributed by atoms with Gasteiger partial charge >= 0.3 is 5.97 Å². The maximum atomic E-state index is 12.3. The minimum atomic E-state index is -0.918. The molecule has 0 spiro atoms. The minimum Gasteiger partial charge on any atom is -0.460 e. The average molecular weight is 264 g/mol. The lowest BCUT2D eigenvalue weighted by molar-refractivity contribution is -0.158. The van der Waals surface area contributed by atoms with E-state index < -0.39 is 5.41 Å². The number of hydrogen-bond donors (Lipinski definition) is 0. The van der Waals surface area contributed by atoms with Gasteiger partial charge in [-0.15, -0.1) is 0 Å². The zero-order valence-corrected chi connectivity index (χ0v) is 12.2. The molecule has 0 aromatic heterocycles. The topological polar surface area (TPSA) is 43.4 Å². The summed E-state index contributed by atoms with van der Waals surface area (Å²) in [6.45, 7) is 6.16. The molecule has 1 rings (SSSR count). The van der Waals surface area contributed by atoms with E-state index in [0.29, 0.717) is 25.9 Å². The highest BCUT2D eigenvalue weighted by atomic mass is 16.5. The molecule has 0 radical (unpaired) electrons. The molecule has 106 valence electrons. The minimum absolute atomic E-state index is 0.0362. The zero-order valence-electron chi connectivity index (χ0n) is 12.2. The van der Waals surface area contributed by atoms with Crippen LogP contribution in [0.15, 0.2) is 23.8 Å². The molecule has 3 heteroatoms. The van der Waals surface area contributed by atoms with Gasteiger partial charge in [-0.2, -0.15) is 0 Å². The van der Waals surface area contributed by atoms with Gasteiger partial charge in [0.05, 0.1) is 0 Å². The van der Waals surface area contributed by atoms with Gasteiger partial charge in [0.15, 0.2) is 5.78 Å². The van der Waals surface area contributed by atoms with Crippen molar-refractivity contribution in [1.29, 1.82) is 0 Å². The molecule has 0 aromatic rings. The van der Waals surface area contributed by atoms with Crippen LogP contribution in [-0.2, 0) is 14.3 Å². The van der Waals surface area contributed by atoms with E-state index in [-0.39, 0.29) is 11.8 Å². The van der Waals surface area contributed by atoms with Gasteiger partial charge in [0, 0.05) is 6.42 Å². The maximum absolute atomic E-state index is 12.3. The summed E-state index contributed by atoms with van der Waals surface area (Å²) in [5.41, 5.74) is 0.166. The lowest BCUT2D eigenvalue weighted by atomic mass is 9.81. The maximum Gasteiger partial charge on any atom is 0.320 e. The third-order valence-electron chi connectivity index (χ3n) is 3.88. The Morgan fingerprint density at radius 3 is 2.63 bits per heavy atom. The van der Waals surface area contributed by atoms with E-state index in [9.17, 15) is 9.59 Å². The number of esters is 1. The summed E-state index contributed by atoms with van der Waals surface area (Å²) < 4.78 is 5.38. The van der Waals surface area contributed by atoms with Crippen molar-refractivity contribution in [2.24, 2.45) is 5.41 Å². The standard InChI is InChI=1S/C16H24O3/c1-4-7-10-16(11-8-9-14(16)17)15(18)19-12-13(5-2)6-3/h4-5,7H,6,8-12H2,1-3H3. The number of rotatable bonds is 6. The van der Waals surface area contributed by atoms with Crippen molar-refractivity contribution < 1.29 is 14.3 Å². The van der Waals surface area contributed by atoms with Crippen molar-refractivity contribution in [3.05, 3.63) is 23.8 Å². The van der Waals surface area contributed by atoms with Gasteiger partial charge in [-0.3, -0.25) is 9.59 Å². The van der Waals surface area contributed by atoms with Crippen molar-refractivity contribution in [1.82, 2.24) is 0 Å². The first-order chi connectivity index (χ1) is 9.10. The van der Waals surface area contributed by atoms with Gasteiger partial charge in [-0.25, -0.2) is 0 Å². The summed E-state index contributed by atoms with van der Waals surface area (Å²) in [6, 6.07) is 0. The Labute approximate surface area is 115 Å². The van der Waals surface area contributed by atoms with Crippen LogP contribution in [-0.4, -0.2) is 18.4 Å². The molecule has 0 bridgehead atoms. The molecular weight excluding hydrogens is 240 g/mol. The van der Waals surface area contributed by atoms with E-state index >= 15 is 0 Å². The third-order valence-corrected chi connectivity index (χ3v) is 3.88. The lowest BCUT2D eigenvalue weighted by Crippen LogP contribution is -2.36. The Morgan fingerprint density at radius 2 is 2.16 bits per heavy atom. The third kappa shape index (κ3) is 3.55. The van der Waals surface area contributed by atoms with E-state index in [1.54, 1.807) is 0 Å². The fourth-order valence-electron chi connectivity index (χ4n) is 2.45. The largest absolute Gasteiger partial charge is 0.460 e. The van der Waals surface area contributed by atoms with E-state index in [2.05, 4.69) is 0 Å². The van der Waals surface area contributed by atoms with Crippen LogP contribution in [0.25, 0.3) is 0 Å². The highest BCUT2D eigenvalue weighted by molar-refractivity contribution is 6.05. The smallest absolute Gasteiger partial charge is 0.320 e. The molecule has 1 aliphatic rings. The van der Waals surface area contributed by atoms with Gasteiger partial charge in [0.2, 0.25) is 0 Å². The van der Waals surface area contributed by atoms with Crippen LogP contribution in [0.2, 0.25) is 0 Å². The van der Waals surface area contributed by atoms with Crippen molar-refractivity contribution >= 4 is 11.8 Å². The van der Waals surface area contributed by atoms with Crippen LogP contribution in [0.1, 0.15) is 52.9 Å². The Kier molecular flexibility index (Phi) is 6.00. The van der Waals surface area contributed by atoms with Crippen LogP contribution in [0.5, 0.6) is 0 Å². The van der Waals surface area contributed by atoms with Gasteiger partial charge in [0.25, 0.3) is 0 Å². The predicted octanol–water partition coefficient (Wildman–Crippen LogP) is 3.59. The van der Waals surface area contributed by atoms with Crippen LogP contribution in [0.4, 0.5) is 0 Å². The molecule has 0 saturated heterocycles. The number of allylic oxidation sites excluding steroid dienone is 3. The van der Waals surface area contributed by atoms with Crippen molar-refractivity contribution in [2.75, 3.05) is 6.61 Å². The zero-order chi connectivity index (χ0) is 14.3. The molecule has 1 atom stereocenters. The second kappa shape index (κ2) is 7.27. The molecule has 0 heterocycles. The number of carbonyl (C=O) groups is 2. The van der Waals surface area contributed by atoms with Crippen molar-refractivity contribution in [2.45, 2.75) is 52.9 Å². The molecule has 1 saturated carbocycles. The lowest BCUT2D eigenvalue weighted by Gasteiger charge is -2.24. The molecular formula is C16H24O3. The Bertz CT molecular complexity index is 393. The van der Waals surface area contributed by atoms with Crippen LogP contribution >= 0.6 is 0 Å². The van der Waals surface area contributed by atoms with Gasteiger partial charge in [-0.05, 0) is 45.1 Å². The highest BCUT2D eigenvalue weighted by Crippen LogP contribution is 2.39. The Hall–Kier alpha value is -1.38. The molecule has 1 aliphatic carbocycles. The van der Waals surface area contributed by atoms with Crippen molar-refractivity contribution in [3.8, 4) is 0 Å². The fraction of sp³-hybridized carbons (Fsp3) is 0.625. The second-order valence-corrected chi connectivity index (χ2v) is 5.01. The first kappa shape index (κ1) is 15.7. The number of carbonyl (C=O) groups excluding carboxylic acids is 2. The highest BCUT2D eigenvalue weighted by Gasteiger charge is 2.48. The molecule has 1 unspecified atom stereocenters. The normalized spacial score (nSPS) is 24.2. The molecule has 19 heavy (non-hydrogen) atoms. The van der Waals surface area contributed by atoms with E-state index in [1.807, 2.05) is 39.0 Å². The molecule has 1 fully saturated rings. The second-order valence-electron chi connectivity index (χ2n) is 5.01.